The summed E-state index contributed by atoms with van der Waals surface area (Å²) in [7, 11) is 3.29. The normalized spacial score (nSPS) is 14.8. The van der Waals surface area contributed by atoms with Crippen molar-refractivity contribution in [1.29, 1.82) is 0 Å². The van der Waals surface area contributed by atoms with Gasteiger partial charge in [0.25, 0.3) is 0 Å². The largest absolute Gasteiger partial charge is 0.493 e. The molecule has 0 saturated carbocycles. The molecule has 2 aromatic rings. The topological polar surface area (TPSA) is 59.8 Å². The zero-order valence-electron chi connectivity index (χ0n) is 17.5. The van der Waals surface area contributed by atoms with Gasteiger partial charge in [-0.3, -0.25) is 9.69 Å². The lowest BCUT2D eigenvalue weighted by molar-refractivity contribution is -0.130. The summed E-state index contributed by atoms with van der Waals surface area (Å²) in [5.74, 6) is 2.11. The Hall–Kier alpha value is -2.19. The molecule has 0 aliphatic carbocycles. The predicted octanol–water partition coefficient (Wildman–Crippen LogP) is 2.75. The Labute approximate surface area is 177 Å². The summed E-state index contributed by atoms with van der Waals surface area (Å²) in [6, 6.07) is 6.02. The van der Waals surface area contributed by atoms with Crippen molar-refractivity contribution >= 4 is 17.7 Å². The molecule has 1 amide bonds. The number of amides is 1. The van der Waals surface area contributed by atoms with E-state index in [9.17, 15) is 4.79 Å². The maximum Gasteiger partial charge on any atom is 0.233 e. The third-order valence-corrected chi connectivity index (χ3v) is 6.04. The highest BCUT2D eigenvalue weighted by Gasteiger charge is 2.22. The quantitative estimate of drug-likeness (QED) is 0.584. The minimum absolute atomic E-state index is 0.187. The molecule has 1 fully saturated rings. The van der Waals surface area contributed by atoms with Crippen LogP contribution in [0.15, 0.2) is 35.7 Å². The highest BCUT2D eigenvalue weighted by molar-refractivity contribution is 7.99. The Morgan fingerprint density at radius 2 is 1.90 bits per heavy atom. The van der Waals surface area contributed by atoms with Crippen molar-refractivity contribution < 1.29 is 14.3 Å². The molecule has 0 radical (unpaired) electrons. The second-order valence-electron chi connectivity index (χ2n) is 7.04. The molecule has 1 saturated heterocycles. The lowest BCUT2D eigenvalue weighted by atomic mass is 10.1. The number of carbonyl (C=O) groups excluding carboxylic acids is 1. The second-order valence-corrected chi connectivity index (χ2v) is 7.98. The van der Waals surface area contributed by atoms with E-state index in [0.29, 0.717) is 5.75 Å². The third kappa shape index (κ3) is 5.67. The first kappa shape index (κ1) is 21.5. The van der Waals surface area contributed by atoms with Gasteiger partial charge in [-0.2, -0.15) is 0 Å². The van der Waals surface area contributed by atoms with Crippen LogP contribution < -0.4 is 9.47 Å². The van der Waals surface area contributed by atoms with Gasteiger partial charge in [0.2, 0.25) is 5.91 Å². The van der Waals surface area contributed by atoms with Crippen LogP contribution in [0, 0.1) is 0 Å². The molecule has 1 aliphatic heterocycles. The van der Waals surface area contributed by atoms with Gasteiger partial charge in [-0.1, -0.05) is 24.8 Å². The molecule has 29 heavy (non-hydrogen) atoms. The number of carbonyl (C=O) groups is 1. The molecule has 2 heterocycles. The third-order valence-electron chi connectivity index (χ3n) is 5.05. The van der Waals surface area contributed by atoms with Crippen LogP contribution >= 0.6 is 11.8 Å². The monoisotopic (exact) mass is 418 g/mol. The van der Waals surface area contributed by atoms with Crippen molar-refractivity contribution in [1.82, 2.24) is 19.4 Å². The van der Waals surface area contributed by atoms with Crippen molar-refractivity contribution in [3.8, 4) is 11.5 Å². The molecular formula is C21H30N4O3S. The molecule has 1 aromatic heterocycles. The minimum atomic E-state index is 0.187. The lowest BCUT2D eigenvalue weighted by Gasteiger charge is -2.34. The molecule has 3 rings (SSSR count). The van der Waals surface area contributed by atoms with E-state index in [0.717, 1.165) is 62.3 Å². The molecule has 1 aromatic carbocycles. The molecule has 0 unspecified atom stereocenters. The summed E-state index contributed by atoms with van der Waals surface area (Å²) in [5, 5.41) is 0.923. The summed E-state index contributed by atoms with van der Waals surface area (Å²) in [6.45, 7) is 7.18. The van der Waals surface area contributed by atoms with Crippen LogP contribution in [-0.2, 0) is 17.9 Å². The van der Waals surface area contributed by atoms with Crippen LogP contribution in [0.5, 0.6) is 11.5 Å². The summed E-state index contributed by atoms with van der Waals surface area (Å²) in [5.41, 5.74) is 1.18. The lowest BCUT2D eigenvalue weighted by Crippen LogP contribution is -2.48. The Balaban J connectivity index is 1.46. The fourth-order valence-electron chi connectivity index (χ4n) is 3.46. The maximum absolute atomic E-state index is 12.6. The Kier molecular flexibility index (Phi) is 7.83. The summed E-state index contributed by atoms with van der Waals surface area (Å²) >= 11 is 1.53. The number of thioether (sulfide) groups is 1. The molecule has 8 heteroatoms. The van der Waals surface area contributed by atoms with E-state index in [1.807, 2.05) is 23.2 Å². The zero-order valence-corrected chi connectivity index (χ0v) is 18.3. The van der Waals surface area contributed by atoms with Gasteiger partial charge >= 0.3 is 0 Å². The van der Waals surface area contributed by atoms with Crippen molar-refractivity contribution in [3.05, 3.63) is 36.2 Å². The van der Waals surface area contributed by atoms with E-state index in [1.165, 1.54) is 17.3 Å². The number of aryl methyl sites for hydroxylation is 1. The van der Waals surface area contributed by atoms with E-state index in [-0.39, 0.29) is 5.91 Å². The van der Waals surface area contributed by atoms with Gasteiger partial charge in [0.15, 0.2) is 16.7 Å². The smallest absolute Gasteiger partial charge is 0.233 e. The van der Waals surface area contributed by atoms with Crippen molar-refractivity contribution in [2.45, 2.75) is 31.6 Å². The summed E-state index contributed by atoms with van der Waals surface area (Å²) in [4.78, 5) is 21.3. The van der Waals surface area contributed by atoms with Gasteiger partial charge in [-0.25, -0.2) is 4.98 Å². The maximum atomic E-state index is 12.6. The SMILES string of the molecule is CCCn1ccnc1SCC(=O)N1CCN(Cc2ccc(OC)c(OC)c2)CC1. The molecule has 0 bridgehead atoms. The average molecular weight is 419 g/mol. The van der Waals surface area contributed by atoms with Gasteiger partial charge in [-0.15, -0.1) is 0 Å². The summed E-state index contributed by atoms with van der Waals surface area (Å²) in [6.07, 6.45) is 4.83. The number of imidazole rings is 1. The van der Waals surface area contributed by atoms with Crippen LogP contribution in [0.1, 0.15) is 18.9 Å². The van der Waals surface area contributed by atoms with E-state index < -0.39 is 0 Å². The molecule has 1 aliphatic rings. The van der Waals surface area contributed by atoms with Crippen molar-refractivity contribution in [2.24, 2.45) is 0 Å². The van der Waals surface area contributed by atoms with E-state index in [2.05, 4.69) is 27.4 Å². The Morgan fingerprint density at radius 1 is 1.14 bits per heavy atom. The van der Waals surface area contributed by atoms with Crippen LogP contribution in [0.25, 0.3) is 0 Å². The minimum Gasteiger partial charge on any atom is -0.493 e. The Bertz CT molecular complexity index is 803. The van der Waals surface area contributed by atoms with Crippen LogP contribution in [-0.4, -0.2) is 71.4 Å². The first-order chi connectivity index (χ1) is 14.1. The number of rotatable bonds is 9. The fourth-order valence-corrected chi connectivity index (χ4v) is 4.35. The molecular weight excluding hydrogens is 388 g/mol. The summed E-state index contributed by atoms with van der Waals surface area (Å²) < 4.78 is 12.8. The van der Waals surface area contributed by atoms with Crippen molar-refractivity contribution in [3.63, 3.8) is 0 Å². The number of hydrogen-bond acceptors (Lipinski definition) is 6. The van der Waals surface area contributed by atoms with Gasteiger partial charge in [0.05, 0.1) is 20.0 Å². The van der Waals surface area contributed by atoms with E-state index in [1.54, 1.807) is 20.4 Å². The number of piperazine rings is 1. The fraction of sp³-hybridized carbons (Fsp3) is 0.524. The molecule has 0 atom stereocenters. The molecule has 0 N–H and O–H groups in total. The van der Waals surface area contributed by atoms with Crippen LogP contribution in [0.4, 0.5) is 0 Å². The van der Waals surface area contributed by atoms with E-state index >= 15 is 0 Å². The van der Waals surface area contributed by atoms with E-state index in [4.69, 9.17) is 9.47 Å². The standard InChI is InChI=1S/C21H30N4O3S/c1-4-8-25-9-7-22-21(25)29-16-20(26)24-12-10-23(11-13-24)15-17-5-6-18(27-2)19(14-17)28-3/h5-7,9,14H,4,8,10-13,15-16H2,1-3H3. The zero-order chi connectivity index (χ0) is 20.6. The van der Waals surface area contributed by atoms with Crippen LogP contribution in [0.2, 0.25) is 0 Å². The number of methoxy groups -OCH3 is 2. The number of ether oxygens (including phenoxy) is 2. The van der Waals surface area contributed by atoms with Crippen LogP contribution in [0.3, 0.4) is 0 Å². The first-order valence-corrected chi connectivity index (χ1v) is 11.0. The molecule has 0 spiro atoms. The predicted molar refractivity (Wildman–Crippen MR) is 115 cm³/mol. The second kappa shape index (κ2) is 10.5. The van der Waals surface area contributed by atoms with Gasteiger partial charge in [0, 0.05) is 51.7 Å². The average Bonchev–Trinajstić information content (AvgIpc) is 3.19. The highest BCUT2D eigenvalue weighted by Crippen LogP contribution is 2.28. The molecule has 7 nitrogen and oxygen atoms in total. The highest BCUT2D eigenvalue weighted by atomic mass is 32.2. The molecule has 158 valence electrons. The van der Waals surface area contributed by atoms with Gasteiger partial charge < -0.3 is 18.9 Å². The number of nitrogens with zero attached hydrogens (tertiary/aromatic N) is 4. The van der Waals surface area contributed by atoms with Crippen molar-refractivity contribution in [2.75, 3.05) is 46.2 Å². The number of aromatic nitrogens is 2. The number of benzene rings is 1. The first-order valence-electron chi connectivity index (χ1n) is 9.99. The number of hydrogen-bond donors (Lipinski definition) is 0. The van der Waals surface area contributed by atoms with Gasteiger partial charge in [0.1, 0.15) is 0 Å². The van der Waals surface area contributed by atoms with Gasteiger partial charge in [-0.05, 0) is 24.1 Å². The Morgan fingerprint density at radius 3 is 2.59 bits per heavy atom.